The van der Waals surface area contributed by atoms with Crippen molar-refractivity contribution in [1.82, 2.24) is 10.3 Å². The first-order valence-corrected chi connectivity index (χ1v) is 10.2. The van der Waals surface area contributed by atoms with Crippen molar-refractivity contribution in [2.75, 3.05) is 11.4 Å². The molecule has 1 fully saturated rings. The highest BCUT2D eigenvalue weighted by Gasteiger charge is 2.36. The zero-order valence-corrected chi connectivity index (χ0v) is 17.2. The fourth-order valence-electron chi connectivity index (χ4n) is 3.53. The second-order valence-corrected chi connectivity index (χ2v) is 7.90. The molecule has 1 aromatic heterocycles. The minimum atomic E-state index is -0.402. The summed E-state index contributed by atoms with van der Waals surface area (Å²) in [7, 11) is 0. The molecule has 0 saturated carbocycles. The van der Waals surface area contributed by atoms with Crippen LogP contribution in [-0.4, -0.2) is 23.3 Å². The average Bonchev–Trinajstić information content (AvgIpc) is 3.15. The zero-order chi connectivity index (χ0) is 20.2. The topological polar surface area (TPSA) is 62.3 Å². The highest BCUT2D eigenvalue weighted by Crippen LogP contribution is 2.28. The predicted octanol–water partition coefficient (Wildman–Crippen LogP) is 4.10. The van der Waals surface area contributed by atoms with E-state index in [0.717, 1.165) is 21.4 Å². The van der Waals surface area contributed by atoms with Gasteiger partial charge in [0.2, 0.25) is 11.8 Å². The average molecular weight is 450 g/mol. The smallest absolute Gasteiger partial charge is 0.227 e. The number of nitrogens with one attached hydrogen (secondary N) is 1. The van der Waals surface area contributed by atoms with Crippen LogP contribution in [0.4, 0.5) is 5.69 Å². The lowest BCUT2D eigenvalue weighted by Gasteiger charge is -2.21. The minimum Gasteiger partial charge on any atom is -0.343 e. The molecule has 29 heavy (non-hydrogen) atoms. The van der Waals surface area contributed by atoms with Gasteiger partial charge >= 0.3 is 0 Å². The second kappa shape index (κ2) is 8.57. The largest absolute Gasteiger partial charge is 0.343 e. The van der Waals surface area contributed by atoms with Crippen LogP contribution in [0.3, 0.4) is 0 Å². The first kappa shape index (κ1) is 19.3. The molecule has 0 radical (unpaired) electrons. The van der Waals surface area contributed by atoms with Gasteiger partial charge in [-0.1, -0.05) is 52.3 Å². The summed E-state index contributed by atoms with van der Waals surface area (Å²) in [5, 5.41) is 3.11. The number of benzene rings is 2. The summed E-state index contributed by atoms with van der Waals surface area (Å²) in [6.45, 7) is 0.371. The molecule has 2 heterocycles. The molecule has 3 aromatic rings. The summed E-state index contributed by atoms with van der Waals surface area (Å²) in [4.78, 5) is 31.7. The Morgan fingerprint density at radius 3 is 2.45 bits per heavy atom. The standard InChI is InChI=1S/C23H20BrN3O2/c24-18-9-11-19(12-10-18)27-15-17(14-21(27)28)23(29)26-22(16-6-2-1-3-7-16)20-8-4-5-13-25-20/h1-13,17,22H,14-15H2,(H,26,29). The lowest BCUT2D eigenvalue weighted by Crippen LogP contribution is -2.36. The number of carbonyl (C=O) groups excluding carboxylic acids is 2. The second-order valence-electron chi connectivity index (χ2n) is 6.99. The van der Waals surface area contributed by atoms with E-state index in [1.807, 2.05) is 72.8 Å². The first-order valence-electron chi connectivity index (χ1n) is 9.44. The lowest BCUT2D eigenvalue weighted by molar-refractivity contribution is -0.126. The van der Waals surface area contributed by atoms with Crippen molar-refractivity contribution in [2.45, 2.75) is 12.5 Å². The van der Waals surface area contributed by atoms with Gasteiger partial charge in [0, 0.05) is 29.3 Å². The van der Waals surface area contributed by atoms with Crippen molar-refractivity contribution in [1.29, 1.82) is 0 Å². The maximum absolute atomic E-state index is 13.1. The summed E-state index contributed by atoms with van der Waals surface area (Å²) in [5.41, 5.74) is 2.52. The van der Waals surface area contributed by atoms with Crippen LogP contribution >= 0.6 is 15.9 Å². The Bertz CT molecular complexity index is 954. The molecular formula is C23H20BrN3O2. The van der Waals surface area contributed by atoms with Crippen LogP contribution < -0.4 is 10.2 Å². The first-order chi connectivity index (χ1) is 14.1. The van der Waals surface area contributed by atoms with Gasteiger partial charge in [0.05, 0.1) is 17.7 Å². The molecule has 6 heteroatoms. The third-order valence-electron chi connectivity index (χ3n) is 5.04. The number of amides is 2. The molecule has 1 aliphatic heterocycles. The van der Waals surface area contributed by atoms with E-state index in [9.17, 15) is 9.59 Å². The number of rotatable bonds is 5. The third kappa shape index (κ3) is 4.38. The van der Waals surface area contributed by atoms with E-state index in [2.05, 4.69) is 26.2 Å². The number of hydrogen-bond acceptors (Lipinski definition) is 3. The maximum atomic E-state index is 13.1. The zero-order valence-electron chi connectivity index (χ0n) is 15.7. The van der Waals surface area contributed by atoms with E-state index in [-0.39, 0.29) is 24.3 Å². The van der Waals surface area contributed by atoms with Crippen LogP contribution in [0.1, 0.15) is 23.7 Å². The van der Waals surface area contributed by atoms with Crippen molar-refractivity contribution in [2.24, 2.45) is 5.92 Å². The molecule has 146 valence electrons. The van der Waals surface area contributed by atoms with E-state index < -0.39 is 5.92 Å². The molecule has 2 unspecified atom stereocenters. The number of hydrogen-bond donors (Lipinski definition) is 1. The van der Waals surface area contributed by atoms with E-state index in [4.69, 9.17) is 0 Å². The van der Waals surface area contributed by atoms with Crippen LogP contribution in [0.15, 0.2) is 83.5 Å². The molecule has 0 bridgehead atoms. The fraction of sp³-hybridized carbons (Fsp3) is 0.174. The fourth-order valence-corrected chi connectivity index (χ4v) is 3.80. The molecule has 2 atom stereocenters. The van der Waals surface area contributed by atoms with Crippen molar-refractivity contribution in [3.8, 4) is 0 Å². The molecule has 1 aliphatic rings. The van der Waals surface area contributed by atoms with Gasteiger partial charge in [-0.25, -0.2) is 0 Å². The van der Waals surface area contributed by atoms with Gasteiger partial charge in [0.25, 0.3) is 0 Å². The van der Waals surface area contributed by atoms with Crippen molar-refractivity contribution in [3.05, 3.63) is 94.7 Å². The Hall–Kier alpha value is -2.99. The quantitative estimate of drug-likeness (QED) is 0.637. The van der Waals surface area contributed by atoms with E-state index in [1.165, 1.54) is 0 Å². The van der Waals surface area contributed by atoms with Crippen molar-refractivity contribution < 1.29 is 9.59 Å². The molecule has 0 aliphatic carbocycles. The summed E-state index contributed by atoms with van der Waals surface area (Å²) >= 11 is 3.40. The number of pyridine rings is 1. The van der Waals surface area contributed by atoms with Gasteiger partial charge in [0.15, 0.2) is 0 Å². The van der Waals surface area contributed by atoms with Crippen molar-refractivity contribution in [3.63, 3.8) is 0 Å². The normalized spacial score (nSPS) is 17.2. The SMILES string of the molecule is O=C(NC(c1ccccc1)c1ccccn1)C1CC(=O)N(c2ccc(Br)cc2)C1. The highest BCUT2D eigenvalue weighted by molar-refractivity contribution is 9.10. The van der Waals surface area contributed by atoms with Crippen molar-refractivity contribution >= 4 is 33.4 Å². The molecule has 1 N–H and O–H groups in total. The van der Waals surface area contributed by atoms with Crippen LogP contribution in [-0.2, 0) is 9.59 Å². The predicted molar refractivity (Wildman–Crippen MR) is 115 cm³/mol. The molecular weight excluding hydrogens is 430 g/mol. The van der Waals surface area contributed by atoms with E-state index in [0.29, 0.717) is 6.54 Å². The van der Waals surface area contributed by atoms with Gasteiger partial charge in [-0.3, -0.25) is 14.6 Å². The van der Waals surface area contributed by atoms with Crippen LogP contribution in [0.5, 0.6) is 0 Å². The molecule has 2 amide bonds. The Labute approximate surface area is 177 Å². The molecule has 5 nitrogen and oxygen atoms in total. The third-order valence-corrected chi connectivity index (χ3v) is 5.57. The Morgan fingerprint density at radius 1 is 1.03 bits per heavy atom. The lowest BCUT2D eigenvalue weighted by atomic mass is 10.0. The summed E-state index contributed by atoms with van der Waals surface area (Å²) in [5.74, 6) is -0.583. The van der Waals surface area contributed by atoms with Crippen LogP contribution in [0.2, 0.25) is 0 Å². The number of carbonyl (C=O) groups is 2. The molecule has 1 saturated heterocycles. The summed E-state index contributed by atoms with van der Waals surface area (Å²) in [6.07, 6.45) is 1.91. The van der Waals surface area contributed by atoms with Gasteiger partial charge in [-0.2, -0.15) is 0 Å². The Kier molecular flexibility index (Phi) is 5.71. The van der Waals surface area contributed by atoms with Crippen LogP contribution in [0, 0.1) is 5.92 Å². The molecule has 0 spiro atoms. The highest BCUT2D eigenvalue weighted by atomic mass is 79.9. The van der Waals surface area contributed by atoms with E-state index >= 15 is 0 Å². The number of anilines is 1. The molecule has 2 aromatic carbocycles. The molecule has 4 rings (SSSR count). The van der Waals surface area contributed by atoms with E-state index in [1.54, 1.807) is 11.1 Å². The van der Waals surface area contributed by atoms with Gasteiger partial charge in [0.1, 0.15) is 0 Å². The number of halogens is 1. The Balaban J connectivity index is 1.52. The maximum Gasteiger partial charge on any atom is 0.227 e. The Morgan fingerprint density at radius 2 is 1.76 bits per heavy atom. The number of aromatic nitrogens is 1. The van der Waals surface area contributed by atoms with Gasteiger partial charge in [-0.05, 0) is 42.0 Å². The minimum absolute atomic E-state index is 0.0402. The van der Waals surface area contributed by atoms with Gasteiger partial charge < -0.3 is 10.2 Å². The van der Waals surface area contributed by atoms with Gasteiger partial charge in [-0.15, -0.1) is 0 Å². The number of nitrogens with zero attached hydrogens (tertiary/aromatic N) is 2. The summed E-state index contributed by atoms with van der Waals surface area (Å²) in [6, 6.07) is 22.6. The monoisotopic (exact) mass is 449 g/mol. The summed E-state index contributed by atoms with van der Waals surface area (Å²) < 4.78 is 0.947. The van der Waals surface area contributed by atoms with Crippen LogP contribution in [0.25, 0.3) is 0 Å².